The zero-order chi connectivity index (χ0) is 24.0. The number of carbonyl (C=O) groups excluding carboxylic acids is 1. The van der Waals surface area contributed by atoms with Gasteiger partial charge in [0, 0.05) is 18.2 Å². The van der Waals surface area contributed by atoms with E-state index in [1.807, 2.05) is 0 Å². The lowest BCUT2D eigenvalue weighted by Gasteiger charge is -2.39. The van der Waals surface area contributed by atoms with E-state index in [1.165, 1.54) is 20.5 Å². The molecule has 3 N–H and O–H groups in total. The van der Waals surface area contributed by atoms with Gasteiger partial charge in [0.15, 0.2) is 17.8 Å². The molecule has 2 aliphatic rings. The second kappa shape index (κ2) is 8.70. The molecule has 3 heterocycles. The maximum absolute atomic E-state index is 13.9. The second-order valence-corrected chi connectivity index (χ2v) is 7.95. The molecule has 2 aromatic carbocycles. The number of imidazole rings is 1. The van der Waals surface area contributed by atoms with Crippen molar-refractivity contribution >= 4 is 22.8 Å². The Bertz CT molecular complexity index is 1240. The van der Waals surface area contributed by atoms with Gasteiger partial charge in [0.05, 0.1) is 49.9 Å². The molecule has 0 radical (unpaired) electrons. The van der Waals surface area contributed by atoms with Gasteiger partial charge in [-0.1, -0.05) is 0 Å². The molecular weight excluding hydrogens is 454 g/mol. The summed E-state index contributed by atoms with van der Waals surface area (Å²) in [6.45, 7) is 0.137. The summed E-state index contributed by atoms with van der Waals surface area (Å²) in [6, 6.07) is 3.79. The fourth-order valence-corrected chi connectivity index (χ4v) is 4.37. The Morgan fingerprint density at radius 3 is 2.71 bits per heavy atom. The standard InChI is InChI=1S/C22H22F2N4O6/c1-31-15-6-13-14(7-16(15)32-2)28(9-25-13)19-20(29)18(17-8-33-21(19)34-17)27-22(30)26-12-4-3-10(23)5-11(12)24/h3-7,9,17-21,29H,8H2,1-2H3,(H2,26,27,30)/t17-,18-,19-,20+,21-/m1/s1. The van der Waals surface area contributed by atoms with Crippen LogP contribution < -0.4 is 20.1 Å². The molecule has 0 aliphatic carbocycles. The van der Waals surface area contributed by atoms with Crippen LogP contribution in [0.2, 0.25) is 0 Å². The van der Waals surface area contributed by atoms with Crippen LogP contribution in [-0.4, -0.2) is 66.1 Å². The van der Waals surface area contributed by atoms with Gasteiger partial charge in [0.25, 0.3) is 0 Å². The first-order valence-electron chi connectivity index (χ1n) is 10.5. The van der Waals surface area contributed by atoms with Crippen molar-refractivity contribution in [3.63, 3.8) is 0 Å². The first-order valence-corrected chi connectivity index (χ1v) is 10.5. The van der Waals surface area contributed by atoms with E-state index in [1.54, 1.807) is 16.7 Å². The Balaban J connectivity index is 1.41. The zero-order valence-electron chi connectivity index (χ0n) is 18.2. The molecule has 5 atom stereocenters. The van der Waals surface area contributed by atoms with Crippen molar-refractivity contribution in [2.75, 3.05) is 26.1 Å². The third-order valence-corrected chi connectivity index (χ3v) is 6.01. The minimum Gasteiger partial charge on any atom is -0.493 e. The molecule has 2 amide bonds. The highest BCUT2D eigenvalue weighted by molar-refractivity contribution is 5.89. The number of carbonyl (C=O) groups is 1. The van der Waals surface area contributed by atoms with Crippen LogP contribution in [0.15, 0.2) is 36.7 Å². The van der Waals surface area contributed by atoms with E-state index in [-0.39, 0.29) is 12.3 Å². The first-order chi connectivity index (χ1) is 16.4. The van der Waals surface area contributed by atoms with Crippen LogP contribution in [-0.2, 0) is 9.47 Å². The average Bonchev–Trinajstić information content (AvgIpc) is 3.43. The zero-order valence-corrected chi connectivity index (χ0v) is 18.2. The molecule has 2 aliphatic heterocycles. The number of nitrogens with zero attached hydrogens (tertiary/aromatic N) is 2. The molecule has 2 fully saturated rings. The number of halogens is 2. The van der Waals surface area contributed by atoms with Crippen molar-refractivity contribution in [1.29, 1.82) is 0 Å². The number of rotatable bonds is 5. The molecule has 2 saturated heterocycles. The van der Waals surface area contributed by atoms with Gasteiger partial charge in [-0.2, -0.15) is 0 Å². The molecule has 2 bridgehead atoms. The van der Waals surface area contributed by atoms with Crippen molar-refractivity contribution in [2.45, 2.75) is 30.6 Å². The van der Waals surface area contributed by atoms with E-state index in [9.17, 15) is 18.7 Å². The van der Waals surface area contributed by atoms with E-state index in [0.29, 0.717) is 28.6 Å². The molecule has 1 aromatic heterocycles. The van der Waals surface area contributed by atoms with Gasteiger partial charge in [0.1, 0.15) is 29.9 Å². The van der Waals surface area contributed by atoms with Gasteiger partial charge in [-0.25, -0.2) is 18.6 Å². The number of methoxy groups -OCH3 is 2. The second-order valence-electron chi connectivity index (χ2n) is 7.95. The summed E-state index contributed by atoms with van der Waals surface area (Å²) in [5.74, 6) is -0.712. The molecule has 5 rings (SSSR count). The first kappa shape index (κ1) is 22.3. The van der Waals surface area contributed by atoms with E-state index in [0.717, 1.165) is 12.1 Å². The van der Waals surface area contributed by atoms with Crippen molar-refractivity contribution in [3.05, 3.63) is 48.3 Å². The van der Waals surface area contributed by atoms with Gasteiger partial charge in [0.2, 0.25) is 0 Å². The molecule has 12 heteroatoms. The van der Waals surface area contributed by atoms with E-state index in [4.69, 9.17) is 18.9 Å². The number of amides is 2. The highest BCUT2D eigenvalue weighted by Gasteiger charge is 2.51. The topological polar surface area (TPSA) is 116 Å². The fraction of sp³-hybridized carbons (Fsp3) is 0.364. The molecule has 10 nitrogen and oxygen atoms in total. The van der Waals surface area contributed by atoms with Gasteiger partial charge < -0.3 is 39.3 Å². The van der Waals surface area contributed by atoms with Gasteiger partial charge >= 0.3 is 6.03 Å². The Morgan fingerprint density at radius 1 is 1.21 bits per heavy atom. The summed E-state index contributed by atoms with van der Waals surface area (Å²) in [5, 5.41) is 16.2. The Hall–Kier alpha value is -3.48. The van der Waals surface area contributed by atoms with Crippen molar-refractivity contribution in [3.8, 4) is 11.5 Å². The normalized spacial score (nSPS) is 25.9. The molecule has 0 unspecified atom stereocenters. The predicted octanol–water partition coefficient (Wildman–Crippen LogP) is 2.18. The Labute approximate surface area is 192 Å². The number of hydrogen-bond donors (Lipinski definition) is 3. The van der Waals surface area contributed by atoms with Crippen LogP contribution in [0.4, 0.5) is 19.3 Å². The van der Waals surface area contributed by atoms with Crippen molar-refractivity contribution < 1.29 is 37.6 Å². The third-order valence-electron chi connectivity index (χ3n) is 6.01. The number of nitrogens with one attached hydrogen (secondary N) is 2. The van der Waals surface area contributed by atoms with Crippen molar-refractivity contribution in [2.24, 2.45) is 0 Å². The summed E-state index contributed by atoms with van der Waals surface area (Å²) in [7, 11) is 3.03. The number of ether oxygens (including phenoxy) is 4. The number of aromatic nitrogens is 2. The fourth-order valence-electron chi connectivity index (χ4n) is 4.37. The Morgan fingerprint density at radius 2 is 1.97 bits per heavy atom. The maximum Gasteiger partial charge on any atom is 0.319 e. The van der Waals surface area contributed by atoms with E-state index >= 15 is 0 Å². The largest absolute Gasteiger partial charge is 0.493 e. The van der Waals surface area contributed by atoms with Gasteiger partial charge in [-0.15, -0.1) is 0 Å². The van der Waals surface area contributed by atoms with Crippen LogP contribution in [0.3, 0.4) is 0 Å². The van der Waals surface area contributed by atoms with Crippen LogP contribution in [0.25, 0.3) is 11.0 Å². The van der Waals surface area contributed by atoms with Crippen LogP contribution in [0, 0.1) is 11.6 Å². The molecule has 3 aromatic rings. The summed E-state index contributed by atoms with van der Waals surface area (Å²) in [4.78, 5) is 16.9. The summed E-state index contributed by atoms with van der Waals surface area (Å²) >= 11 is 0. The van der Waals surface area contributed by atoms with E-state index in [2.05, 4.69) is 15.6 Å². The number of anilines is 1. The van der Waals surface area contributed by atoms with Crippen LogP contribution in [0.1, 0.15) is 6.04 Å². The smallest absolute Gasteiger partial charge is 0.319 e. The maximum atomic E-state index is 13.9. The van der Waals surface area contributed by atoms with Crippen molar-refractivity contribution in [1.82, 2.24) is 14.9 Å². The highest BCUT2D eigenvalue weighted by Crippen LogP contribution is 2.39. The van der Waals surface area contributed by atoms with Crippen LogP contribution >= 0.6 is 0 Å². The van der Waals surface area contributed by atoms with Crippen LogP contribution in [0.5, 0.6) is 11.5 Å². The number of aliphatic hydroxyl groups is 1. The minimum atomic E-state index is -1.14. The SMILES string of the molecule is COc1cc2ncn([C@H]3[C@@H]4OC[C@@H](O4)[C@@H](NC(=O)Nc4ccc(F)cc4F)[C@@H]3O)c2cc1OC. The third kappa shape index (κ3) is 3.79. The molecular formula is C22H22F2N4O6. The lowest BCUT2D eigenvalue weighted by Crippen LogP contribution is -2.59. The molecule has 34 heavy (non-hydrogen) atoms. The molecule has 0 spiro atoms. The monoisotopic (exact) mass is 476 g/mol. The quantitative estimate of drug-likeness (QED) is 0.517. The Kier molecular flexibility index (Phi) is 5.71. The predicted molar refractivity (Wildman–Crippen MR) is 115 cm³/mol. The number of hydrogen-bond acceptors (Lipinski definition) is 7. The highest BCUT2D eigenvalue weighted by atomic mass is 19.1. The lowest BCUT2D eigenvalue weighted by atomic mass is 9.95. The van der Waals surface area contributed by atoms with Gasteiger partial charge in [-0.3, -0.25) is 0 Å². The molecule has 0 saturated carbocycles. The average molecular weight is 476 g/mol. The lowest BCUT2D eigenvalue weighted by molar-refractivity contribution is -0.162. The number of urea groups is 1. The number of fused-ring (bicyclic) bond motifs is 3. The van der Waals surface area contributed by atoms with E-state index < -0.39 is 48.2 Å². The number of aliphatic hydroxyl groups excluding tert-OH is 1. The van der Waals surface area contributed by atoms with Gasteiger partial charge in [-0.05, 0) is 12.1 Å². The summed E-state index contributed by atoms with van der Waals surface area (Å²) in [6.07, 6.45) is -1.00. The minimum absolute atomic E-state index is 0.137. The molecule has 180 valence electrons. The summed E-state index contributed by atoms with van der Waals surface area (Å²) in [5.41, 5.74) is 1.03. The summed E-state index contributed by atoms with van der Waals surface area (Å²) < 4.78 is 51.1. The number of benzene rings is 2.